The summed E-state index contributed by atoms with van der Waals surface area (Å²) < 4.78 is 10.9. The molecule has 0 spiro atoms. The van der Waals surface area contributed by atoms with E-state index >= 15 is 0 Å². The van der Waals surface area contributed by atoms with Gasteiger partial charge >= 0.3 is 0 Å². The Balaban J connectivity index is 1.54. The molecule has 152 valence electrons. The summed E-state index contributed by atoms with van der Waals surface area (Å²) >= 11 is 0. The maximum Gasteiger partial charge on any atom is 0.254 e. The van der Waals surface area contributed by atoms with Crippen molar-refractivity contribution in [2.24, 2.45) is 0 Å². The van der Waals surface area contributed by atoms with Gasteiger partial charge in [-0.2, -0.15) is 0 Å². The number of benzene rings is 1. The fourth-order valence-corrected chi connectivity index (χ4v) is 3.58. The van der Waals surface area contributed by atoms with Gasteiger partial charge in [0.2, 0.25) is 0 Å². The third-order valence-corrected chi connectivity index (χ3v) is 5.05. The summed E-state index contributed by atoms with van der Waals surface area (Å²) in [6.45, 7) is 2.29. The monoisotopic (exact) mass is 402 g/mol. The highest BCUT2D eigenvalue weighted by Crippen LogP contribution is 2.29. The van der Waals surface area contributed by atoms with Crippen LogP contribution in [0.2, 0.25) is 0 Å². The third-order valence-electron chi connectivity index (χ3n) is 5.05. The van der Waals surface area contributed by atoms with Crippen LogP contribution in [0.25, 0.3) is 11.4 Å². The third kappa shape index (κ3) is 4.19. The second-order valence-electron chi connectivity index (χ2n) is 7.01. The van der Waals surface area contributed by atoms with Crippen molar-refractivity contribution in [1.29, 1.82) is 0 Å². The van der Waals surface area contributed by atoms with E-state index < -0.39 is 0 Å². The van der Waals surface area contributed by atoms with E-state index in [1.165, 1.54) is 0 Å². The molecule has 0 saturated carbocycles. The number of aromatic amines is 1. The molecule has 30 heavy (non-hydrogen) atoms. The molecule has 0 radical (unpaired) electrons. The van der Waals surface area contributed by atoms with Gasteiger partial charge < -0.3 is 14.5 Å². The van der Waals surface area contributed by atoms with E-state index in [1.54, 1.807) is 19.5 Å². The van der Waals surface area contributed by atoms with Gasteiger partial charge in [0.25, 0.3) is 5.56 Å². The van der Waals surface area contributed by atoms with E-state index in [-0.39, 0.29) is 12.2 Å². The van der Waals surface area contributed by atoms with Crippen LogP contribution in [-0.2, 0) is 19.5 Å². The first-order valence-corrected chi connectivity index (χ1v) is 9.66. The van der Waals surface area contributed by atoms with Crippen molar-refractivity contribution >= 4 is 0 Å². The Kier molecular flexibility index (Phi) is 5.77. The molecular weight excluding hydrogens is 380 g/mol. The Hall–Kier alpha value is -3.63. The molecule has 0 saturated heterocycles. The summed E-state index contributed by atoms with van der Waals surface area (Å²) in [7, 11) is 1.61. The average Bonchev–Trinajstić information content (AvgIpc) is 2.78. The van der Waals surface area contributed by atoms with Crippen molar-refractivity contribution in [3.63, 3.8) is 0 Å². The number of hydrogen-bond acceptors (Lipinski definition) is 6. The number of nitrogens with one attached hydrogen (secondary N) is 1. The van der Waals surface area contributed by atoms with E-state index in [4.69, 9.17) is 20.9 Å². The lowest BCUT2D eigenvalue weighted by atomic mass is 10.0. The second-order valence-corrected chi connectivity index (χ2v) is 7.01. The summed E-state index contributed by atoms with van der Waals surface area (Å²) in [6.07, 6.45) is 9.30. The van der Waals surface area contributed by atoms with Crippen LogP contribution in [0.3, 0.4) is 0 Å². The predicted molar refractivity (Wildman–Crippen MR) is 113 cm³/mol. The van der Waals surface area contributed by atoms with Crippen LogP contribution in [0.15, 0.2) is 47.5 Å². The first-order chi connectivity index (χ1) is 14.7. The van der Waals surface area contributed by atoms with Crippen LogP contribution >= 0.6 is 0 Å². The Labute approximate surface area is 174 Å². The van der Waals surface area contributed by atoms with E-state index in [9.17, 15) is 4.79 Å². The standard InChI is InChI=1S/C23H22N4O3/c1-3-12-30-20-5-4-16(13-21(20)29-2)14-27-11-8-18-19(15-27)25-22(26-23(18)28)17-6-9-24-10-7-17/h1,4-7,9-10,13H,8,11-12,14-15H2,2H3,(H,25,26,28). The van der Waals surface area contributed by atoms with Gasteiger partial charge in [-0.15, -0.1) is 6.42 Å². The second kappa shape index (κ2) is 8.80. The van der Waals surface area contributed by atoms with Gasteiger partial charge in [-0.05, 0) is 36.2 Å². The largest absolute Gasteiger partial charge is 0.493 e. The molecule has 1 N–H and O–H groups in total. The van der Waals surface area contributed by atoms with Crippen LogP contribution < -0.4 is 15.0 Å². The summed E-state index contributed by atoms with van der Waals surface area (Å²) in [4.78, 5) is 26.5. The maximum atomic E-state index is 12.6. The van der Waals surface area contributed by atoms with Crippen LogP contribution in [0.5, 0.6) is 11.5 Å². The highest BCUT2D eigenvalue weighted by Gasteiger charge is 2.22. The maximum absolute atomic E-state index is 12.6. The molecule has 1 aromatic carbocycles. The fraction of sp³-hybridized carbons (Fsp3) is 0.261. The van der Waals surface area contributed by atoms with Gasteiger partial charge in [0.15, 0.2) is 11.5 Å². The number of nitrogens with zero attached hydrogens (tertiary/aromatic N) is 3. The highest BCUT2D eigenvalue weighted by molar-refractivity contribution is 5.54. The van der Waals surface area contributed by atoms with Crippen LogP contribution in [0.1, 0.15) is 16.8 Å². The minimum atomic E-state index is -0.0665. The first kappa shape index (κ1) is 19.7. The first-order valence-electron chi connectivity index (χ1n) is 9.66. The molecule has 0 atom stereocenters. The van der Waals surface area contributed by atoms with Crippen molar-refractivity contribution in [3.8, 4) is 35.2 Å². The molecular formula is C23H22N4O3. The molecule has 0 amide bonds. The molecule has 7 nitrogen and oxygen atoms in total. The van der Waals surface area contributed by atoms with Gasteiger partial charge in [-0.25, -0.2) is 4.98 Å². The number of aromatic nitrogens is 3. The lowest BCUT2D eigenvalue weighted by Crippen LogP contribution is -2.35. The van der Waals surface area contributed by atoms with Crippen molar-refractivity contribution in [1.82, 2.24) is 19.9 Å². The SMILES string of the molecule is C#CCOc1ccc(CN2CCc3c(nc(-c4ccncc4)[nH]c3=O)C2)cc1OC. The van der Waals surface area contributed by atoms with E-state index in [0.717, 1.165) is 28.9 Å². The number of rotatable bonds is 6. The van der Waals surface area contributed by atoms with Gasteiger partial charge in [-0.3, -0.25) is 14.7 Å². The smallest absolute Gasteiger partial charge is 0.254 e. The van der Waals surface area contributed by atoms with Gasteiger partial charge in [0.1, 0.15) is 12.4 Å². The normalized spacial score (nSPS) is 13.3. The molecule has 3 heterocycles. The number of terminal acetylenes is 1. The predicted octanol–water partition coefficient (Wildman–Crippen LogP) is 2.41. The van der Waals surface area contributed by atoms with Crippen LogP contribution in [0, 0.1) is 12.3 Å². The minimum Gasteiger partial charge on any atom is -0.493 e. The lowest BCUT2D eigenvalue weighted by Gasteiger charge is -2.28. The Morgan fingerprint density at radius 2 is 2.07 bits per heavy atom. The van der Waals surface area contributed by atoms with Gasteiger partial charge in [-0.1, -0.05) is 12.0 Å². The molecule has 7 heteroatoms. The van der Waals surface area contributed by atoms with Crippen molar-refractivity contribution in [2.75, 3.05) is 20.3 Å². The fourth-order valence-electron chi connectivity index (χ4n) is 3.58. The molecule has 3 aromatic rings. The van der Waals surface area contributed by atoms with Crippen molar-refractivity contribution in [2.45, 2.75) is 19.5 Å². The number of methoxy groups -OCH3 is 1. The lowest BCUT2D eigenvalue weighted by molar-refractivity contribution is 0.240. The average molecular weight is 402 g/mol. The van der Waals surface area contributed by atoms with E-state index in [2.05, 4.69) is 20.8 Å². The zero-order valence-electron chi connectivity index (χ0n) is 16.7. The Bertz CT molecular complexity index is 1140. The van der Waals surface area contributed by atoms with Crippen LogP contribution in [0.4, 0.5) is 0 Å². The number of pyridine rings is 1. The molecule has 4 rings (SSSR count). The summed E-state index contributed by atoms with van der Waals surface area (Å²) in [5, 5.41) is 0. The number of ether oxygens (including phenoxy) is 2. The van der Waals surface area contributed by atoms with Crippen LogP contribution in [-0.4, -0.2) is 40.1 Å². The molecule has 1 aliphatic rings. The van der Waals surface area contributed by atoms with Crippen molar-refractivity contribution < 1.29 is 9.47 Å². The van der Waals surface area contributed by atoms with E-state index in [1.807, 2.05) is 30.3 Å². The topological polar surface area (TPSA) is 80.3 Å². The highest BCUT2D eigenvalue weighted by atomic mass is 16.5. The zero-order valence-corrected chi connectivity index (χ0v) is 16.7. The summed E-state index contributed by atoms with van der Waals surface area (Å²) in [6, 6.07) is 9.49. The molecule has 0 bridgehead atoms. The van der Waals surface area contributed by atoms with Gasteiger partial charge in [0.05, 0.1) is 12.8 Å². The molecule has 2 aromatic heterocycles. The zero-order chi connectivity index (χ0) is 20.9. The summed E-state index contributed by atoms with van der Waals surface area (Å²) in [5.74, 6) is 4.29. The van der Waals surface area contributed by atoms with Crippen molar-refractivity contribution in [3.05, 3.63) is 69.9 Å². The molecule has 0 unspecified atom stereocenters. The number of hydrogen-bond donors (Lipinski definition) is 1. The molecule has 1 aliphatic heterocycles. The Morgan fingerprint density at radius 3 is 2.83 bits per heavy atom. The minimum absolute atomic E-state index is 0.0665. The number of fused-ring (bicyclic) bond motifs is 1. The quantitative estimate of drug-likeness (QED) is 0.638. The molecule has 0 fully saturated rings. The number of H-pyrrole nitrogens is 1. The Morgan fingerprint density at radius 1 is 1.23 bits per heavy atom. The van der Waals surface area contributed by atoms with Gasteiger partial charge in [0, 0.05) is 43.2 Å². The molecule has 0 aliphatic carbocycles. The van der Waals surface area contributed by atoms with E-state index in [0.29, 0.717) is 36.8 Å². The summed E-state index contributed by atoms with van der Waals surface area (Å²) in [5.41, 5.74) is 3.44.